The second-order valence-electron chi connectivity index (χ2n) is 9.02. The summed E-state index contributed by atoms with van der Waals surface area (Å²) >= 11 is 0. The van der Waals surface area contributed by atoms with Gasteiger partial charge in [-0.05, 0) is 73.6 Å². The molecule has 4 heteroatoms. The van der Waals surface area contributed by atoms with Gasteiger partial charge in [0.05, 0.1) is 24.0 Å². The summed E-state index contributed by atoms with van der Waals surface area (Å²) in [5, 5.41) is 7.29. The van der Waals surface area contributed by atoms with Gasteiger partial charge in [0.1, 0.15) is 5.75 Å². The molecule has 0 radical (unpaired) electrons. The van der Waals surface area contributed by atoms with Gasteiger partial charge in [-0.1, -0.05) is 26.0 Å². The average molecular weight is 391 g/mol. The highest BCUT2D eigenvalue weighted by Gasteiger charge is 2.38. The van der Waals surface area contributed by atoms with Crippen LogP contribution in [0, 0.1) is 19.3 Å². The number of benzene rings is 2. The lowest BCUT2D eigenvalue weighted by Crippen LogP contribution is -2.31. The number of ketones is 1. The van der Waals surface area contributed by atoms with Crippen LogP contribution in [-0.4, -0.2) is 12.4 Å². The Balaban J connectivity index is 1.84. The number of ether oxygens (including phenoxy) is 1. The van der Waals surface area contributed by atoms with Crippen LogP contribution in [0.25, 0.3) is 0 Å². The fourth-order valence-electron chi connectivity index (χ4n) is 4.38. The van der Waals surface area contributed by atoms with Crippen LogP contribution in [0.2, 0.25) is 0 Å². The van der Waals surface area contributed by atoms with Crippen molar-refractivity contribution < 1.29 is 9.53 Å². The molecule has 0 unspecified atom stereocenters. The molecule has 0 aromatic heterocycles. The van der Waals surface area contributed by atoms with E-state index in [1.54, 1.807) is 0 Å². The van der Waals surface area contributed by atoms with Gasteiger partial charge in [-0.25, -0.2) is 0 Å². The highest BCUT2D eigenvalue weighted by atomic mass is 16.5. The summed E-state index contributed by atoms with van der Waals surface area (Å²) in [4.78, 5) is 13.3. The molecular formula is C25H30N2O2. The lowest BCUT2D eigenvalue weighted by atomic mass is 9.73. The van der Waals surface area contributed by atoms with Crippen molar-refractivity contribution in [2.24, 2.45) is 5.41 Å². The molecule has 2 aliphatic rings. The molecule has 29 heavy (non-hydrogen) atoms. The predicted molar refractivity (Wildman–Crippen MR) is 119 cm³/mol. The van der Waals surface area contributed by atoms with E-state index in [1.165, 1.54) is 11.1 Å². The summed E-state index contributed by atoms with van der Waals surface area (Å²) in [6.45, 7) is 11.2. The number of anilines is 2. The van der Waals surface area contributed by atoms with Crippen molar-refractivity contribution in [3.63, 3.8) is 0 Å². The fraction of sp³-hybridized carbons (Fsp3) is 0.400. The van der Waals surface area contributed by atoms with Gasteiger partial charge in [0.2, 0.25) is 0 Å². The number of Topliss-reactive ketones (excluding diaryl/α,β-unsaturated/α-hetero) is 1. The molecule has 1 heterocycles. The SMILES string of the molecule is CCOc1ccc([C@H]2Nc3cc(C)c(C)cc3NC3=C2C(=O)CC(C)(C)C3)cc1. The van der Waals surface area contributed by atoms with Gasteiger partial charge in [0, 0.05) is 17.7 Å². The quantitative estimate of drug-likeness (QED) is 0.682. The van der Waals surface area contributed by atoms with Crippen molar-refractivity contribution in [3.8, 4) is 5.75 Å². The van der Waals surface area contributed by atoms with Crippen LogP contribution in [0.4, 0.5) is 11.4 Å². The molecule has 0 spiro atoms. The number of rotatable bonds is 3. The largest absolute Gasteiger partial charge is 0.494 e. The summed E-state index contributed by atoms with van der Waals surface area (Å²) in [6, 6.07) is 12.3. The Morgan fingerprint density at radius 2 is 1.69 bits per heavy atom. The Labute approximate surface area is 173 Å². The third-order valence-corrected chi connectivity index (χ3v) is 5.95. The number of fused-ring (bicyclic) bond motifs is 1. The van der Waals surface area contributed by atoms with Gasteiger partial charge >= 0.3 is 0 Å². The van der Waals surface area contributed by atoms with Gasteiger partial charge < -0.3 is 15.4 Å². The first-order valence-corrected chi connectivity index (χ1v) is 10.4. The first-order valence-electron chi connectivity index (χ1n) is 10.4. The Morgan fingerprint density at radius 3 is 2.34 bits per heavy atom. The smallest absolute Gasteiger partial charge is 0.163 e. The number of hydrogen-bond acceptors (Lipinski definition) is 4. The maximum Gasteiger partial charge on any atom is 0.163 e. The van der Waals surface area contributed by atoms with E-state index in [0.717, 1.165) is 40.4 Å². The van der Waals surface area contributed by atoms with Crippen LogP contribution in [0.3, 0.4) is 0 Å². The maximum absolute atomic E-state index is 13.3. The van der Waals surface area contributed by atoms with Gasteiger partial charge in [0.25, 0.3) is 0 Å². The Bertz CT molecular complexity index is 987. The number of hydrogen-bond donors (Lipinski definition) is 2. The monoisotopic (exact) mass is 390 g/mol. The minimum Gasteiger partial charge on any atom is -0.494 e. The molecule has 4 rings (SSSR count). The maximum atomic E-state index is 13.3. The number of carbonyl (C=O) groups excluding carboxylic acids is 1. The van der Waals surface area contributed by atoms with E-state index in [9.17, 15) is 4.79 Å². The van der Waals surface area contributed by atoms with E-state index in [2.05, 4.69) is 62.6 Å². The van der Waals surface area contributed by atoms with Crippen molar-refractivity contribution in [2.45, 2.75) is 53.5 Å². The zero-order chi connectivity index (χ0) is 20.8. The van der Waals surface area contributed by atoms with E-state index in [-0.39, 0.29) is 17.2 Å². The molecule has 2 aromatic carbocycles. The fourth-order valence-corrected chi connectivity index (χ4v) is 4.38. The molecule has 0 amide bonds. The second kappa shape index (κ2) is 7.25. The number of aryl methyl sites for hydroxylation is 2. The minimum absolute atomic E-state index is 0.0451. The highest BCUT2D eigenvalue weighted by Crippen LogP contribution is 2.46. The molecule has 2 aromatic rings. The molecule has 2 N–H and O–H groups in total. The second-order valence-corrected chi connectivity index (χ2v) is 9.02. The molecule has 4 nitrogen and oxygen atoms in total. The van der Waals surface area contributed by atoms with Gasteiger partial charge in [-0.3, -0.25) is 4.79 Å². The van der Waals surface area contributed by atoms with E-state index < -0.39 is 0 Å². The highest BCUT2D eigenvalue weighted by molar-refractivity contribution is 6.01. The van der Waals surface area contributed by atoms with Crippen LogP contribution in [0.15, 0.2) is 47.7 Å². The van der Waals surface area contributed by atoms with Crippen molar-refractivity contribution in [3.05, 3.63) is 64.4 Å². The summed E-state index contributed by atoms with van der Waals surface area (Å²) in [5.74, 6) is 1.07. The molecule has 1 aliphatic carbocycles. The van der Waals surface area contributed by atoms with Gasteiger partial charge in [-0.2, -0.15) is 0 Å². The summed E-state index contributed by atoms with van der Waals surface area (Å²) < 4.78 is 5.60. The Kier molecular flexibility index (Phi) is 4.89. The van der Waals surface area contributed by atoms with Gasteiger partial charge in [0.15, 0.2) is 5.78 Å². The van der Waals surface area contributed by atoms with Crippen molar-refractivity contribution >= 4 is 17.2 Å². The standard InChI is InChI=1S/C25H30N2O2/c1-6-29-18-9-7-17(8-10-18)24-23-21(13-25(4,5)14-22(23)28)26-19-11-15(2)16(3)12-20(19)27-24/h7-12,24,26-27H,6,13-14H2,1-5H3/t24-/m1/s1. The molecule has 0 fully saturated rings. The van der Waals surface area contributed by atoms with Crippen LogP contribution in [0.1, 0.15) is 56.3 Å². The molecule has 1 aliphatic heterocycles. The lowest BCUT2D eigenvalue weighted by molar-refractivity contribution is -0.118. The van der Waals surface area contributed by atoms with Crippen LogP contribution >= 0.6 is 0 Å². The Morgan fingerprint density at radius 1 is 1.03 bits per heavy atom. The number of carbonyl (C=O) groups is 1. The van der Waals surface area contributed by atoms with Gasteiger partial charge in [-0.15, -0.1) is 0 Å². The van der Waals surface area contributed by atoms with Crippen LogP contribution in [0.5, 0.6) is 5.75 Å². The van der Waals surface area contributed by atoms with E-state index in [0.29, 0.717) is 13.0 Å². The Hall–Kier alpha value is -2.75. The summed E-state index contributed by atoms with van der Waals surface area (Å²) in [5.41, 5.74) is 7.47. The third-order valence-electron chi connectivity index (χ3n) is 5.95. The molecule has 0 saturated carbocycles. The predicted octanol–water partition coefficient (Wildman–Crippen LogP) is 5.92. The van der Waals surface area contributed by atoms with E-state index in [4.69, 9.17) is 4.74 Å². The zero-order valence-electron chi connectivity index (χ0n) is 18.0. The summed E-state index contributed by atoms with van der Waals surface area (Å²) in [7, 11) is 0. The molecule has 152 valence electrons. The minimum atomic E-state index is -0.180. The van der Waals surface area contributed by atoms with E-state index in [1.807, 2.05) is 19.1 Å². The number of nitrogens with one attached hydrogen (secondary N) is 2. The number of allylic oxidation sites excluding steroid dienone is 1. The molecule has 0 bridgehead atoms. The first kappa shape index (κ1) is 19.6. The normalized spacial score (nSPS) is 20.2. The topological polar surface area (TPSA) is 50.4 Å². The third kappa shape index (κ3) is 3.76. The molecular weight excluding hydrogens is 360 g/mol. The average Bonchev–Trinajstić information content (AvgIpc) is 2.79. The zero-order valence-corrected chi connectivity index (χ0v) is 18.0. The molecule has 1 atom stereocenters. The van der Waals surface area contributed by atoms with Crippen molar-refractivity contribution in [2.75, 3.05) is 17.2 Å². The summed E-state index contributed by atoms with van der Waals surface area (Å²) in [6.07, 6.45) is 1.42. The lowest BCUT2D eigenvalue weighted by Gasteiger charge is -2.34. The van der Waals surface area contributed by atoms with Crippen LogP contribution in [-0.2, 0) is 4.79 Å². The van der Waals surface area contributed by atoms with E-state index >= 15 is 0 Å². The first-order chi connectivity index (χ1) is 13.8. The molecule has 0 saturated heterocycles. The van der Waals surface area contributed by atoms with Crippen LogP contribution < -0.4 is 15.4 Å². The van der Waals surface area contributed by atoms with Crippen molar-refractivity contribution in [1.82, 2.24) is 0 Å². The van der Waals surface area contributed by atoms with Crippen molar-refractivity contribution in [1.29, 1.82) is 0 Å².